The summed E-state index contributed by atoms with van der Waals surface area (Å²) in [7, 11) is 1.29. The average Bonchev–Trinajstić information content (AvgIpc) is 2.97. The molecule has 0 aromatic rings. The molecule has 0 aromatic carbocycles. The Hall–Kier alpha value is -0.600. The van der Waals surface area contributed by atoms with E-state index in [9.17, 15) is 9.18 Å². The molecule has 0 radical (unpaired) electrons. The molecule has 0 aliphatic heterocycles. The molecule has 0 spiro atoms. The largest absolute Gasteiger partial charge is 0.467 e. The van der Waals surface area contributed by atoms with E-state index in [0.717, 1.165) is 18.8 Å². The standard InChI is InChI=1S/C12H17FO2.C4H10/c1-15-11(14)12(13)6-7-5-10(12)9-4-2-3-8(7)9;1-4(2)3/h7-10H,2-6H2,1H3;4H,1-3H3. The highest BCUT2D eigenvalue weighted by atomic mass is 19.1. The molecule has 3 fully saturated rings. The number of alkyl halides is 1. The second-order valence-corrected chi connectivity index (χ2v) is 7.15. The number of hydrogen-bond donors (Lipinski definition) is 0. The van der Waals surface area contributed by atoms with E-state index in [1.807, 2.05) is 0 Å². The van der Waals surface area contributed by atoms with Gasteiger partial charge in [-0.2, -0.15) is 0 Å². The molecule has 0 heterocycles. The summed E-state index contributed by atoms with van der Waals surface area (Å²) in [6, 6.07) is 0. The fourth-order valence-electron chi connectivity index (χ4n) is 4.48. The van der Waals surface area contributed by atoms with E-state index < -0.39 is 11.6 Å². The average molecular weight is 270 g/mol. The number of fused-ring (bicyclic) bond motifs is 5. The minimum Gasteiger partial charge on any atom is -0.467 e. The van der Waals surface area contributed by atoms with Gasteiger partial charge in [0.1, 0.15) is 0 Å². The van der Waals surface area contributed by atoms with Crippen molar-refractivity contribution >= 4 is 5.97 Å². The minimum atomic E-state index is -1.65. The first kappa shape index (κ1) is 14.8. The molecule has 2 nitrogen and oxygen atoms in total. The van der Waals surface area contributed by atoms with Crippen LogP contribution in [0.2, 0.25) is 0 Å². The van der Waals surface area contributed by atoms with Gasteiger partial charge in [0, 0.05) is 5.92 Å². The lowest BCUT2D eigenvalue weighted by molar-refractivity contribution is -0.161. The normalized spacial score (nSPS) is 42.8. The molecule has 3 heteroatoms. The number of carbonyl (C=O) groups is 1. The van der Waals surface area contributed by atoms with Gasteiger partial charge in [-0.15, -0.1) is 0 Å². The van der Waals surface area contributed by atoms with Crippen molar-refractivity contribution in [1.82, 2.24) is 0 Å². The van der Waals surface area contributed by atoms with Crippen molar-refractivity contribution in [1.29, 1.82) is 0 Å². The molecule has 0 amide bonds. The molecule has 3 aliphatic rings. The van der Waals surface area contributed by atoms with Crippen LogP contribution in [0.1, 0.15) is 52.9 Å². The molecular formula is C16H27FO2. The Kier molecular flexibility index (Phi) is 4.22. The maximum absolute atomic E-state index is 14.6. The van der Waals surface area contributed by atoms with Crippen LogP contribution in [0.15, 0.2) is 0 Å². The third kappa shape index (κ3) is 2.53. The molecule has 5 unspecified atom stereocenters. The van der Waals surface area contributed by atoms with Crippen LogP contribution in [0.3, 0.4) is 0 Å². The number of carbonyl (C=O) groups excluding carboxylic acids is 1. The summed E-state index contributed by atoms with van der Waals surface area (Å²) in [4.78, 5) is 11.5. The number of esters is 1. The Morgan fingerprint density at radius 3 is 2.42 bits per heavy atom. The minimum absolute atomic E-state index is 0.0394. The molecule has 0 aromatic heterocycles. The first-order chi connectivity index (χ1) is 8.90. The lowest BCUT2D eigenvalue weighted by Gasteiger charge is -2.34. The molecule has 3 aliphatic carbocycles. The predicted octanol–water partition coefficient (Wildman–Crippen LogP) is 3.99. The molecule has 5 atom stereocenters. The van der Waals surface area contributed by atoms with Gasteiger partial charge < -0.3 is 4.74 Å². The SMILES string of the molecule is CC(C)C.COC(=O)C1(F)CC2CC1C1CCCC21. The summed E-state index contributed by atoms with van der Waals surface area (Å²) in [5, 5.41) is 0. The summed E-state index contributed by atoms with van der Waals surface area (Å²) < 4.78 is 19.2. The molecule has 0 saturated heterocycles. The highest BCUT2D eigenvalue weighted by Gasteiger charge is 2.65. The fourth-order valence-corrected chi connectivity index (χ4v) is 4.48. The number of rotatable bonds is 1. The monoisotopic (exact) mass is 270 g/mol. The number of halogens is 1. The molecule has 2 bridgehead atoms. The smallest absolute Gasteiger partial charge is 0.343 e. The van der Waals surface area contributed by atoms with E-state index in [0.29, 0.717) is 24.2 Å². The highest BCUT2D eigenvalue weighted by Crippen LogP contribution is 2.63. The van der Waals surface area contributed by atoms with E-state index in [2.05, 4.69) is 25.5 Å². The summed E-state index contributed by atoms with van der Waals surface area (Å²) in [5.74, 6) is 1.80. The summed E-state index contributed by atoms with van der Waals surface area (Å²) in [6.45, 7) is 6.50. The van der Waals surface area contributed by atoms with Gasteiger partial charge in [0.15, 0.2) is 0 Å². The van der Waals surface area contributed by atoms with Crippen LogP contribution in [-0.4, -0.2) is 18.7 Å². The lowest BCUT2D eigenvalue weighted by Crippen LogP contribution is -2.45. The molecule has 0 N–H and O–H groups in total. The zero-order valence-corrected chi connectivity index (χ0v) is 12.6. The van der Waals surface area contributed by atoms with E-state index in [1.54, 1.807) is 0 Å². The summed E-state index contributed by atoms with van der Waals surface area (Å²) in [6.07, 6.45) is 4.93. The molecule has 3 saturated carbocycles. The van der Waals surface area contributed by atoms with Gasteiger partial charge in [-0.1, -0.05) is 27.2 Å². The summed E-state index contributed by atoms with van der Waals surface area (Å²) >= 11 is 0. The van der Waals surface area contributed by atoms with Crippen molar-refractivity contribution in [2.24, 2.45) is 29.6 Å². The van der Waals surface area contributed by atoms with Crippen LogP contribution in [0, 0.1) is 29.6 Å². The zero-order valence-electron chi connectivity index (χ0n) is 12.6. The van der Waals surface area contributed by atoms with E-state index in [4.69, 9.17) is 0 Å². The third-order valence-electron chi connectivity index (χ3n) is 4.98. The van der Waals surface area contributed by atoms with Crippen molar-refractivity contribution < 1.29 is 13.9 Å². The van der Waals surface area contributed by atoms with Crippen molar-refractivity contribution in [3.63, 3.8) is 0 Å². The predicted molar refractivity (Wildman–Crippen MR) is 73.4 cm³/mol. The van der Waals surface area contributed by atoms with Gasteiger partial charge in [0.05, 0.1) is 7.11 Å². The van der Waals surface area contributed by atoms with E-state index in [-0.39, 0.29) is 5.92 Å². The fraction of sp³-hybridized carbons (Fsp3) is 0.938. The van der Waals surface area contributed by atoms with E-state index in [1.165, 1.54) is 20.0 Å². The van der Waals surface area contributed by atoms with Gasteiger partial charge in [-0.05, 0) is 49.4 Å². The Morgan fingerprint density at radius 2 is 1.84 bits per heavy atom. The van der Waals surface area contributed by atoms with Crippen LogP contribution >= 0.6 is 0 Å². The van der Waals surface area contributed by atoms with Gasteiger partial charge in [0.2, 0.25) is 5.67 Å². The second-order valence-electron chi connectivity index (χ2n) is 7.15. The summed E-state index contributed by atoms with van der Waals surface area (Å²) in [5.41, 5.74) is -1.65. The molecule has 110 valence electrons. The molecular weight excluding hydrogens is 243 g/mol. The zero-order chi connectivity index (χ0) is 14.2. The van der Waals surface area contributed by atoms with Gasteiger partial charge >= 0.3 is 5.97 Å². The van der Waals surface area contributed by atoms with Crippen molar-refractivity contribution in [2.75, 3.05) is 7.11 Å². The Bertz CT molecular complexity index is 339. The molecule has 3 rings (SSSR count). The van der Waals surface area contributed by atoms with Crippen LogP contribution in [-0.2, 0) is 9.53 Å². The quantitative estimate of drug-likeness (QED) is 0.673. The van der Waals surface area contributed by atoms with Gasteiger partial charge in [-0.3, -0.25) is 0 Å². The number of methoxy groups -OCH3 is 1. The lowest BCUT2D eigenvalue weighted by atomic mass is 9.74. The Labute approximate surface area is 116 Å². The topological polar surface area (TPSA) is 26.3 Å². The molecule has 19 heavy (non-hydrogen) atoms. The van der Waals surface area contributed by atoms with Crippen LogP contribution in [0.5, 0.6) is 0 Å². The van der Waals surface area contributed by atoms with Crippen molar-refractivity contribution in [3.05, 3.63) is 0 Å². The first-order valence-corrected chi connectivity index (χ1v) is 7.67. The number of hydrogen-bond acceptors (Lipinski definition) is 2. The van der Waals surface area contributed by atoms with Crippen LogP contribution in [0.25, 0.3) is 0 Å². The Morgan fingerprint density at radius 1 is 1.26 bits per heavy atom. The van der Waals surface area contributed by atoms with Crippen LogP contribution in [0.4, 0.5) is 4.39 Å². The highest BCUT2D eigenvalue weighted by molar-refractivity contribution is 5.80. The van der Waals surface area contributed by atoms with Crippen LogP contribution < -0.4 is 0 Å². The Balaban J connectivity index is 0.000000297. The third-order valence-corrected chi connectivity index (χ3v) is 4.98. The maximum atomic E-state index is 14.6. The second kappa shape index (κ2) is 5.41. The van der Waals surface area contributed by atoms with E-state index >= 15 is 0 Å². The van der Waals surface area contributed by atoms with Gasteiger partial charge in [-0.25, -0.2) is 9.18 Å². The van der Waals surface area contributed by atoms with Crippen molar-refractivity contribution in [2.45, 2.75) is 58.5 Å². The van der Waals surface area contributed by atoms with Gasteiger partial charge in [0.25, 0.3) is 0 Å². The van der Waals surface area contributed by atoms with Crippen molar-refractivity contribution in [3.8, 4) is 0 Å². The number of ether oxygens (including phenoxy) is 1. The first-order valence-electron chi connectivity index (χ1n) is 7.67. The maximum Gasteiger partial charge on any atom is 0.343 e.